The van der Waals surface area contributed by atoms with Crippen molar-refractivity contribution in [3.05, 3.63) is 42.0 Å². The molecule has 1 aliphatic heterocycles. The zero-order valence-corrected chi connectivity index (χ0v) is 12.6. The van der Waals surface area contributed by atoms with E-state index in [4.69, 9.17) is 0 Å². The summed E-state index contributed by atoms with van der Waals surface area (Å²) in [4.78, 5) is 0.377. The van der Waals surface area contributed by atoms with Crippen LogP contribution in [0.5, 0.6) is 0 Å². The van der Waals surface area contributed by atoms with E-state index in [1.54, 1.807) is 28.6 Å². The second-order valence-corrected chi connectivity index (χ2v) is 7.84. The quantitative estimate of drug-likeness (QED) is 0.780. The van der Waals surface area contributed by atoms with Gasteiger partial charge in [-0.2, -0.15) is 4.31 Å². The fraction of sp³-hybridized carbons (Fsp3) is 0.467. The van der Waals surface area contributed by atoms with Crippen molar-refractivity contribution in [2.75, 3.05) is 13.1 Å². The van der Waals surface area contributed by atoms with Crippen LogP contribution in [0.15, 0.2) is 46.9 Å². The van der Waals surface area contributed by atoms with Crippen molar-refractivity contribution >= 4 is 10.0 Å². The monoisotopic (exact) mass is 279 g/mol. The molecule has 0 aromatic heterocycles. The van der Waals surface area contributed by atoms with E-state index in [1.165, 1.54) is 5.57 Å². The van der Waals surface area contributed by atoms with Crippen LogP contribution in [-0.4, -0.2) is 25.8 Å². The van der Waals surface area contributed by atoms with Crippen molar-refractivity contribution in [2.24, 2.45) is 5.41 Å². The number of hydrogen-bond acceptors (Lipinski definition) is 2. The van der Waals surface area contributed by atoms with Crippen molar-refractivity contribution < 1.29 is 8.42 Å². The standard InChI is InChI=1S/C15H21NO2S/c1-15(2,3)13-9-11-16(12-10-13)19(17,18)14-7-5-4-6-8-14/h4-9H,10-12H2,1-3H3. The van der Waals surface area contributed by atoms with Gasteiger partial charge in [0.2, 0.25) is 10.0 Å². The molecule has 1 aromatic carbocycles. The van der Waals surface area contributed by atoms with Crippen LogP contribution in [0.3, 0.4) is 0 Å². The lowest BCUT2D eigenvalue weighted by Gasteiger charge is -2.31. The second kappa shape index (κ2) is 5.10. The molecule has 1 heterocycles. The third kappa shape index (κ3) is 3.07. The molecule has 104 valence electrons. The SMILES string of the molecule is CC(C)(C)C1=CCN(S(=O)(=O)c2ccccc2)CC1. The van der Waals surface area contributed by atoms with Crippen molar-refractivity contribution in [1.82, 2.24) is 4.31 Å². The van der Waals surface area contributed by atoms with Crippen LogP contribution in [-0.2, 0) is 10.0 Å². The zero-order valence-electron chi connectivity index (χ0n) is 11.8. The van der Waals surface area contributed by atoms with Crippen molar-refractivity contribution in [3.8, 4) is 0 Å². The van der Waals surface area contributed by atoms with Crippen LogP contribution < -0.4 is 0 Å². The second-order valence-electron chi connectivity index (χ2n) is 5.91. The lowest BCUT2D eigenvalue weighted by atomic mass is 9.83. The molecular formula is C15H21NO2S. The molecule has 0 atom stereocenters. The van der Waals surface area contributed by atoms with E-state index < -0.39 is 10.0 Å². The fourth-order valence-electron chi connectivity index (χ4n) is 2.29. The Balaban J connectivity index is 2.21. The summed E-state index contributed by atoms with van der Waals surface area (Å²) < 4.78 is 26.4. The minimum absolute atomic E-state index is 0.128. The third-order valence-corrected chi connectivity index (χ3v) is 5.40. The molecule has 0 unspecified atom stereocenters. The number of benzene rings is 1. The van der Waals surface area contributed by atoms with E-state index in [-0.39, 0.29) is 5.41 Å². The Labute approximate surface area is 116 Å². The Bertz CT molecular complexity index is 568. The number of nitrogens with zero attached hydrogens (tertiary/aromatic N) is 1. The summed E-state index contributed by atoms with van der Waals surface area (Å²) in [6.45, 7) is 7.55. The zero-order chi connectivity index (χ0) is 14.1. The molecule has 0 radical (unpaired) electrons. The maximum Gasteiger partial charge on any atom is 0.243 e. The van der Waals surface area contributed by atoms with Crippen molar-refractivity contribution in [1.29, 1.82) is 0 Å². The van der Waals surface area contributed by atoms with Gasteiger partial charge in [-0.3, -0.25) is 0 Å². The smallest absolute Gasteiger partial charge is 0.207 e. The van der Waals surface area contributed by atoms with Gasteiger partial charge in [0.1, 0.15) is 0 Å². The average Bonchev–Trinajstić information content (AvgIpc) is 2.39. The van der Waals surface area contributed by atoms with Gasteiger partial charge in [0.25, 0.3) is 0 Å². The molecule has 2 rings (SSSR count). The number of hydrogen-bond donors (Lipinski definition) is 0. The summed E-state index contributed by atoms with van der Waals surface area (Å²) in [6.07, 6.45) is 2.87. The van der Waals surface area contributed by atoms with Gasteiger partial charge in [-0.1, -0.05) is 50.6 Å². The summed E-state index contributed by atoms with van der Waals surface area (Å²) in [5, 5.41) is 0. The van der Waals surface area contributed by atoms with Crippen LogP contribution in [0.1, 0.15) is 27.2 Å². The van der Waals surface area contributed by atoms with Gasteiger partial charge in [-0.15, -0.1) is 0 Å². The highest BCUT2D eigenvalue weighted by Crippen LogP contribution is 2.31. The minimum atomic E-state index is -3.34. The van der Waals surface area contributed by atoms with Gasteiger partial charge in [-0.25, -0.2) is 8.42 Å². The lowest BCUT2D eigenvalue weighted by Crippen LogP contribution is -2.36. The van der Waals surface area contributed by atoms with E-state index in [0.29, 0.717) is 18.0 Å². The van der Waals surface area contributed by atoms with E-state index in [2.05, 4.69) is 26.8 Å². The van der Waals surface area contributed by atoms with E-state index in [1.807, 2.05) is 6.07 Å². The molecule has 4 heteroatoms. The Morgan fingerprint density at radius 1 is 1.11 bits per heavy atom. The van der Waals surface area contributed by atoms with Crippen LogP contribution in [0.2, 0.25) is 0 Å². The Hall–Kier alpha value is -1.13. The molecule has 19 heavy (non-hydrogen) atoms. The molecule has 0 fully saturated rings. The van der Waals surface area contributed by atoms with E-state index in [9.17, 15) is 8.42 Å². The normalized spacial score (nSPS) is 18.2. The third-order valence-electron chi connectivity index (χ3n) is 3.52. The molecule has 0 saturated carbocycles. The number of sulfonamides is 1. The molecule has 0 saturated heterocycles. The maximum absolute atomic E-state index is 12.4. The fourth-order valence-corrected chi connectivity index (χ4v) is 3.69. The largest absolute Gasteiger partial charge is 0.243 e. The molecule has 0 spiro atoms. The van der Waals surface area contributed by atoms with Gasteiger partial charge < -0.3 is 0 Å². The van der Waals surface area contributed by atoms with E-state index >= 15 is 0 Å². The summed E-state index contributed by atoms with van der Waals surface area (Å²) in [5.41, 5.74) is 1.47. The highest BCUT2D eigenvalue weighted by atomic mass is 32.2. The molecule has 1 aliphatic rings. The van der Waals surface area contributed by atoms with Crippen LogP contribution in [0.25, 0.3) is 0 Å². The molecule has 0 amide bonds. The van der Waals surface area contributed by atoms with E-state index in [0.717, 1.165) is 6.42 Å². The minimum Gasteiger partial charge on any atom is -0.207 e. The first kappa shape index (κ1) is 14.3. The average molecular weight is 279 g/mol. The first-order valence-electron chi connectivity index (χ1n) is 6.56. The van der Waals surface area contributed by atoms with Crippen LogP contribution in [0, 0.1) is 5.41 Å². The maximum atomic E-state index is 12.4. The van der Waals surface area contributed by atoms with Crippen LogP contribution in [0.4, 0.5) is 0 Å². The summed E-state index contributed by atoms with van der Waals surface area (Å²) in [5.74, 6) is 0. The van der Waals surface area contributed by atoms with Crippen LogP contribution >= 0.6 is 0 Å². The van der Waals surface area contributed by atoms with Crippen molar-refractivity contribution in [3.63, 3.8) is 0 Å². The molecule has 1 aromatic rings. The van der Waals surface area contributed by atoms with Gasteiger partial charge in [0, 0.05) is 13.1 Å². The summed E-state index contributed by atoms with van der Waals surface area (Å²) in [7, 11) is -3.34. The highest BCUT2D eigenvalue weighted by molar-refractivity contribution is 7.89. The Kier molecular flexibility index (Phi) is 3.83. The molecule has 3 nitrogen and oxygen atoms in total. The highest BCUT2D eigenvalue weighted by Gasteiger charge is 2.28. The van der Waals surface area contributed by atoms with Gasteiger partial charge in [0.15, 0.2) is 0 Å². The summed E-state index contributed by atoms with van der Waals surface area (Å²) >= 11 is 0. The van der Waals surface area contributed by atoms with Gasteiger partial charge in [0.05, 0.1) is 4.90 Å². The molecule has 0 aliphatic carbocycles. The predicted molar refractivity (Wildman–Crippen MR) is 77.4 cm³/mol. The van der Waals surface area contributed by atoms with Gasteiger partial charge >= 0.3 is 0 Å². The number of rotatable bonds is 2. The van der Waals surface area contributed by atoms with Gasteiger partial charge in [-0.05, 0) is 24.0 Å². The van der Waals surface area contributed by atoms with Crippen molar-refractivity contribution in [2.45, 2.75) is 32.1 Å². The Morgan fingerprint density at radius 2 is 1.74 bits per heavy atom. The molecule has 0 N–H and O–H groups in total. The Morgan fingerprint density at radius 3 is 2.21 bits per heavy atom. The first-order valence-corrected chi connectivity index (χ1v) is 8.00. The first-order chi connectivity index (χ1) is 8.82. The molecular weight excluding hydrogens is 258 g/mol. The topological polar surface area (TPSA) is 37.4 Å². The lowest BCUT2D eigenvalue weighted by molar-refractivity contribution is 0.389. The summed E-state index contributed by atoms with van der Waals surface area (Å²) in [6, 6.07) is 8.64. The molecule has 0 bridgehead atoms. The predicted octanol–water partition coefficient (Wildman–Crippen LogP) is 3.05.